The fourth-order valence-electron chi connectivity index (χ4n) is 3.08. The Morgan fingerprint density at radius 1 is 1.40 bits per heavy atom. The van der Waals surface area contributed by atoms with Gasteiger partial charge in [0.15, 0.2) is 0 Å². The van der Waals surface area contributed by atoms with E-state index < -0.39 is 0 Å². The number of carbonyl (C=O) groups is 1. The van der Waals surface area contributed by atoms with Gasteiger partial charge in [-0.1, -0.05) is 6.07 Å². The van der Waals surface area contributed by atoms with Gasteiger partial charge in [-0.2, -0.15) is 0 Å². The van der Waals surface area contributed by atoms with Gasteiger partial charge in [0, 0.05) is 31.4 Å². The zero-order valence-electron chi connectivity index (χ0n) is 12.1. The van der Waals surface area contributed by atoms with Crippen molar-refractivity contribution in [3.63, 3.8) is 0 Å². The molecular formula is C16H23N3O. The first-order valence-electron chi connectivity index (χ1n) is 7.56. The first kappa shape index (κ1) is 13.4. The summed E-state index contributed by atoms with van der Waals surface area (Å²) in [5.41, 5.74) is 9.31. The second-order valence-corrected chi connectivity index (χ2v) is 5.90. The molecule has 1 aromatic rings. The fraction of sp³-hybridized carbons (Fsp3) is 0.562. The van der Waals surface area contributed by atoms with E-state index in [1.54, 1.807) is 0 Å². The highest BCUT2D eigenvalue weighted by atomic mass is 16.2. The van der Waals surface area contributed by atoms with Crippen molar-refractivity contribution in [2.45, 2.75) is 38.8 Å². The summed E-state index contributed by atoms with van der Waals surface area (Å²) < 4.78 is 0. The largest absolute Gasteiger partial charge is 0.399 e. The molecule has 0 aromatic heterocycles. The van der Waals surface area contributed by atoms with Crippen LogP contribution in [-0.4, -0.2) is 41.4 Å². The molecule has 0 bridgehead atoms. The lowest BCUT2D eigenvalue weighted by molar-refractivity contribution is -0.133. The van der Waals surface area contributed by atoms with Crippen LogP contribution in [0.3, 0.4) is 0 Å². The molecule has 0 saturated heterocycles. The van der Waals surface area contributed by atoms with Gasteiger partial charge in [0.05, 0.1) is 6.54 Å². The summed E-state index contributed by atoms with van der Waals surface area (Å²) in [6.07, 6.45) is 3.37. The SMILES string of the molecule is CCN(C(=O)CN1CCc2ccc(N)cc2C1)C1CC1. The molecule has 1 saturated carbocycles. The summed E-state index contributed by atoms with van der Waals surface area (Å²) in [6, 6.07) is 6.64. The van der Waals surface area contributed by atoms with Crippen molar-refractivity contribution in [3.05, 3.63) is 29.3 Å². The molecule has 3 rings (SSSR count). The quantitative estimate of drug-likeness (QED) is 0.848. The molecule has 0 unspecified atom stereocenters. The van der Waals surface area contributed by atoms with E-state index in [0.29, 0.717) is 12.6 Å². The van der Waals surface area contributed by atoms with Crippen LogP contribution >= 0.6 is 0 Å². The lowest BCUT2D eigenvalue weighted by Gasteiger charge is -2.30. The third-order valence-electron chi connectivity index (χ3n) is 4.33. The van der Waals surface area contributed by atoms with E-state index in [-0.39, 0.29) is 5.91 Å². The van der Waals surface area contributed by atoms with Crippen molar-refractivity contribution in [2.24, 2.45) is 0 Å². The Hall–Kier alpha value is -1.55. The van der Waals surface area contributed by atoms with Crippen LogP contribution in [0, 0.1) is 0 Å². The van der Waals surface area contributed by atoms with E-state index in [9.17, 15) is 4.79 Å². The third-order valence-corrected chi connectivity index (χ3v) is 4.33. The smallest absolute Gasteiger partial charge is 0.236 e. The highest BCUT2D eigenvalue weighted by Crippen LogP contribution is 2.27. The Morgan fingerprint density at radius 3 is 2.90 bits per heavy atom. The minimum absolute atomic E-state index is 0.280. The number of likely N-dealkylation sites (N-methyl/N-ethyl adjacent to an activating group) is 1. The number of nitrogen functional groups attached to an aromatic ring is 1. The second-order valence-electron chi connectivity index (χ2n) is 5.90. The minimum Gasteiger partial charge on any atom is -0.399 e. The number of fused-ring (bicyclic) bond motifs is 1. The van der Waals surface area contributed by atoms with E-state index in [1.165, 1.54) is 24.0 Å². The van der Waals surface area contributed by atoms with E-state index in [1.807, 2.05) is 17.0 Å². The Balaban J connectivity index is 1.63. The van der Waals surface area contributed by atoms with Crippen LogP contribution in [-0.2, 0) is 17.8 Å². The van der Waals surface area contributed by atoms with Crippen molar-refractivity contribution < 1.29 is 4.79 Å². The standard InChI is InChI=1S/C16H23N3O/c1-2-19(15-5-6-15)16(20)11-18-8-7-12-3-4-14(17)9-13(12)10-18/h3-4,9,15H,2,5-8,10-11,17H2,1H3. The van der Waals surface area contributed by atoms with Gasteiger partial charge in [0.25, 0.3) is 0 Å². The van der Waals surface area contributed by atoms with Gasteiger partial charge < -0.3 is 10.6 Å². The normalized spacial score (nSPS) is 18.6. The zero-order valence-corrected chi connectivity index (χ0v) is 12.1. The lowest BCUT2D eigenvalue weighted by Crippen LogP contribution is -2.43. The molecule has 4 heteroatoms. The van der Waals surface area contributed by atoms with Crippen LogP contribution in [0.25, 0.3) is 0 Å². The second kappa shape index (κ2) is 5.44. The molecule has 1 aliphatic carbocycles. The molecule has 1 heterocycles. The number of hydrogen-bond donors (Lipinski definition) is 1. The molecular weight excluding hydrogens is 250 g/mol. The van der Waals surface area contributed by atoms with Gasteiger partial charge in [-0.3, -0.25) is 9.69 Å². The predicted molar refractivity (Wildman–Crippen MR) is 80.2 cm³/mol. The van der Waals surface area contributed by atoms with Gasteiger partial charge in [-0.15, -0.1) is 0 Å². The Labute approximate surface area is 120 Å². The van der Waals surface area contributed by atoms with Crippen molar-refractivity contribution in [1.82, 2.24) is 9.80 Å². The van der Waals surface area contributed by atoms with Gasteiger partial charge in [0.2, 0.25) is 5.91 Å². The van der Waals surface area contributed by atoms with Gasteiger partial charge >= 0.3 is 0 Å². The molecule has 0 atom stereocenters. The van der Waals surface area contributed by atoms with Crippen LogP contribution in [0.15, 0.2) is 18.2 Å². The summed E-state index contributed by atoms with van der Waals surface area (Å²) in [7, 11) is 0. The van der Waals surface area contributed by atoms with Crippen molar-refractivity contribution in [3.8, 4) is 0 Å². The van der Waals surface area contributed by atoms with E-state index in [2.05, 4.69) is 17.9 Å². The van der Waals surface area contributed by atoms with E-state index in [4.69, 9.17) is 5.73 Å². The lowest BCUT2D eigenvalue weighted by atomic mass is 9.99. The number of rotatable bonds is 4. The first-order valence-corrected chi connectivity index (χ1v) is 7.56. The molecule has 1 fully saturated rings. The van der Waals surface area contributed by atoms with Gasteiger partial charge in [-0.25, -0.2) is 0 Å². The van der Waals surface area contributed by atoms with Crippen LogP contribution in [0.4, 0.5) is 5.69 Å². The Morgan fingerprint density at radius 2 is 2.20 bits per heavy atom. The number of carbonyl (C=O) groups excluding carboxylic acids is 1. The maximum atomic E-state index is 12.4. The zero-order chi connectivity index (χ0) is 14.1. The maximum Gasteiger partial charge on any atom is 0.236 e. The molecule has 0 spiro atoms. The monoisotopic (exact) mass is 273 g/mol. The first-order chi connectivity index (χ1) is 9.67. The number of benzene rings is 1. The van der Waals surface area contributed by atoms with E-state index >= 15 is 0 Å². The molecule has 0 radical (unpaired) electrons. The highest BCUT2D eigenvalue weighted by Gasteiger charge is 2.32. The van der Waals surface area contributed by atoms with Gasteiger partial charge in [-0.05, 0) is 49.4 Å². The number of nitrogens with zero attached hydrogens (tertiary/aromatic N) is 2. The van der Waals surface area contributed by atoms with Crippen LogP contribution in [0.1, 0.15) is 30.9 Å². The summed E-state index contributed by atoms with van der Waals surface area (Å²) in [5, 5.41) is 0. The molecule has 1 aliphatic heterocycles. The molecule has 20 heavy (non-hydrogen) atoms. The maximum absolute atomic E-state index is 12.4. The predicted octanol–water partition coefficient (Wildman–Crippen LogP) is 1.64. The average molecular weight is 273 g/mol. The molecule has 1 aromatic carbocycles. The molecule has 108 valence electrons. The summed E-state index contributed by atoms with van der Waals surface area (Å²) >= 11 is 0. The van der Waals surface area contributed by atoms with Crippen molar-refractivity contribution in [2.75, 3.05) is 25.4 Å². The average Bonchev–Trinajstić information content (AvgIpc) is 3.23. The van der Waals surface area contributed by atoms with Crippen molar-refractivity contribution in [1.29, 1.82) is 0 Å². The topological polar surface area (TPSA) is 49.6 Å². The van der Waals surface area contributed by atoms with Gasteiger partial charge in [0.1, 0.15) is 0 Å². The summed E-state index contributed by atoms with van der Waals surface area (Å²) in [6.45, 7) is 5.25. The Kier molecular flexibility index (Phi) is 3.66. The van der Waals surface area contributed by atoms with E-state index in [0.717, 1.165) is 31.7 Å². The number of anilines is 1. The number of amides is 1. The fourth-order valence-corrected chi connectivity index (χ4v) is 3.08. The number of hydrogen-bond acceptors (Lipinski definition) is 3. The minimum atomic E-state index is 0.280. The Bertz CT molecular complexity index is 510. The molecule has 4 nitrogen and oxygen atoms in total. The molecule has 1 amide bonds. The molecule has 2 aliphatic rings. The van der Waals surface area contributed by atoms with Crippen LogP contribution < -0.4 is 5.73 Å². The third kappa shape index (κ3) is 2.80. The number of nitrogens with two attached hydrogens (primary N) is 1. The summed E-state index contributed by atoms with van der Waals surface area (Å²) in [5.74, 6) is 0.280. The summed E-state index contributed by atoms with van der Waals surface area (Å²) in [4.78, 5) is 16.6. The highest BCUT2D eigenvalue weighted by molar-refractivity contribution is 5.79. The molecule has 2 N–H and O–H groups in total. The van der Waals surface area contributed by atoms with Crippen LogP contribution in [0.2, 0.25) is 0 Å². The van der Waals surface area contributed by atoms with Crippen molar-refractivity contribution >= 4 is 11.6 Å². The van der Waals surface area contributed by atoms with Crippen LogP contribution in [0.5, 0.6) is 0 Å².